The van der Waals surface area contributed by atoms with E-state index in [1.165, 1.54) is 5.56 Å². The van der Waals surface area contributed by atoms with Gasteiger partial charge in [0.2, 0.25) is 0 Å². The molecule has 1 aliphatic heterocycles. The molecule has 0 saturated carbocycles. The molecule has 17 heavy (non-hydrogen) atoms. The number of nitrogens with zero attached hydrogens (tertiary/aromatic N) is 1. The van der Waals surface area contributed by atoms with Gasteiger partial charge in [0.15, 0.2) is 0 Å². The lowest BCUT2D eigenvalue weighted by molar-refractivity contribution is 0.152. The molecule has 0 radical (unpaired) electrons. The van der Waals surface area contributed by atoms with Crippen LogP contribution < -0.4 is 5.32 Å². The van der Waals surface area contributed by atoms with E-state index in [4.69, 9.17) is 0 Å². The number of hydrogen-bond donors (Lipinski definition) is 1. The number of hydrogen-bond acceptors (Lipinski definition) is 2. The monoisotopic (exact) mass is 232 g/mol. The van der Waals surface area contributed by atoms with Crippen LogP contribution in [0.3, 0.4) is 0 Å². The van der Waals surface area contributed by atoms with Crippen molar-refractivity contribution in [1.29, 1.82) is 0 Å². The van der Waals surface area contributed by atoms with E-state index in [-0.39, 0.29) is 0 Å². The van der Waals surface area contributed by atoms with Crippen LogP contribution in [-0.2, 0) is 6.42 Å². The lowest BCUT2D eigenvalue weighted by Gasteiger charge is -2.32. The minimum absolute atomic E-state index is 0.292. The molecule has 2 heteroatoms. The summed E-state index contributed by atoms with van der Waals surface area (Å²) in [6.45, 7) is 8.03. The first-order valence-electron chi connectivity index (χ1n) is 6.47. The second-order valence-electron chi connectivity index (χ2n) is 6.26. The van der Waals surface area contributed by atoms with Crippen LogP contribution in [0.5, 0.6) is 0 Å². The Balaban J connectivity index is 1.98. The summed E-state index contributed by atoms with van der Waals surface area (Å²) >= 11 is 0. The summed E-state index contributed by atoms with van der Waals surface area (Å²) in [6, 6.07) is 11.3. The van der Waals surface area contributed by atoms with Crippen molar-refractivity contribution >= 4 is 0 Å². The van der Waals surface area contributed by atoms with Gasteiger partial charge in [0, 0.05) is 12.6 Å². The van der Waals surface area contributed by atoms with Gasteiger partial charge in [-0.15, -0.1) is 0 Å². The predicted octanol–water partition coefficient (Wildman–Crippen LogP) is 2.50. The van der Waals surface area contributed by atoms with Crippen molar-refractivity contribution in [2.24, 2.45) is 5.41 Å². The molecule has 0 amide bonds. The van der Waals surface area contributed by atoms with Crippen LogP contribution in [0.15, 0.2) is 30.3 Å². The fourth-order valence-corrected chi connectivity index (χ4v) is 2.79. The van der Waals surface area contributed by atoms with Crippen molar-refractivity contribution in [3.05, 3.63) is 35.9 Å². The first kappa shape index (κ1) is 12.6. The molecule has 0 bridgehead atoms. The highest BCUT2D eigenvalue weighted by Gasteiger charge is 2.36. The van der Waals surface area contributed by atoms with Crippen LogP contribution in [0.2, 0.25) is 0 Å². The number of benzene rings is 1. The largest absolute Gasteiger partial charge is 0.297 e. The SMILES string of the molecule is CN1CC(Cc2ccccc2)NC1C(C)(C)C. The highest BCUT2D eigenvalue weighted by atomic mass is 15.3. The smallest absolute Gasteiger partial charge is 0.0647 e. The third kappa shape index (κ3) is 3.08. The Morgan fingerprint density at radius 3 is 2.41 bits per heavy atom. The molecule has 2 rings (SSSR count). The quantitative estimate of drug-likeness (QED) is 0.843. The summed E-state index contributed by atoms with van der Waals surface area (Å²) in [5.41, 5.74) is 1.72. The number of likely N-dealkylation sites (N-methyl/N-ethyl adjacent to an activating group) is 1. The molecular weight excluding hydrogens is 208 g/mol. The van der Waals surface area contributed by atoms with E-state index < -0.39 is 0 Å². The zero-order valence-corrected chi connectivity index (χ0v) is 11.4. The first-order valence-corrected chi connectivity index (χ1v) is 6.47. The molecule has 2 nitrogen and oxygen atoms in total. The van der Waals surface area contributed by atoms with Crippen molar-refractivity contribution in [2.45, 2.75) is 39.4 Å². The van der Waals surface area contributed by atoms with Gasteiger partial charge in [0.25, 0.3) is 0 Å². The second kappa shape index (κ2) is 4.79. The normalized spacial score (nSPS) is 26.4. The molecule has 1 N–H and O–H groups in total. The van der Waals surface area contributed by atoms with Gasteiger partial charge in [0.1, 0.15) is 0 Å². The van der Waals surface area contributed by atoms with Crippen molar-refractivity contribution in [2.75, 3.05) is 13.6 Å². The van der Waals surface area contributed by atoms with Gasteiger partial charge >= 0.3 is 0 Å². The third-order valence-electron chi connectivity index (χ3n) is 3.49. The van der Waals surface area contributed by atoms with Crippen LogP contribution in [-0.4, -0.2) is 30.7 Å². The lowest BCUT2D eigenvalue weighted by atomic mass is 9.92. The number of rotatable bonds is 2. The molecular formula is C15H24N2. The van der Waals surface area contributed by atoms with Gasteiger partial charge in [0.05, 0.1) is 6.17 Å². The van der Waals surface area contributed by atoms with Crippen LogP contribution in [0.4, 0.5) is 0 Å². The maximum atomic E-state index is 3.76. The Hall–Kier alpha value is -0.860. The maximum Gasteiger partial charge on any atom is 0.0647 e. The van der Waals surface area contributed by atoms with Gasteiger partial charge in [-0.05, 0) is 24.4 Å². The Bertz CT molecular complexity index is 353. The topological polar surface area (TPSA) is 15.3 Å². The molecule has 0 aromatic heterocycles. The van der Waals surface area contributed by atoms with E-state index in [1.807, 2.05) is 0 Å². The fraction of sp³-hybridized carbons (Fsp3) is 0.600. The standard InChI is InChI=1S/C15H24N2/c1-15(2,3)14-16-13(11-17(14)4)10-12-8-6-5-7-9-12/h5-9,13-14,16H,10-11H2,1-4H3. The van der Waals surface area contributed by atoms with Gasteiger partial charge in [-0.2, -0.15) is 0 Å². The highest BCUT2D eigenvalue weighted by molar-refractivity contribution is 5.16. The zero-order valence-electron chi connectivity index (χ0n) is 11.4. The molecule has 1 saturated heterocycles. The first-order chi connectivity index (χ1) is 7.97. The summed E-state index contributed by atoms with van der Waals surface area (Å²) in [4.78, 5) is 2.44. The van der Waals surface area contributed by atoms with E-state index in [0.29, 0.717) is 17.6 Å². The lowest BCUT2D eigenvalue weighted by Crippen LogP contribution is -2.45. The molecule has 1 aliphatic rings. The molecule has 0 spiro atoms. The van der Waals surface area contributed by atoms with E-state index in [2.05, 4.69) is 68.4 Å². The maximum absolute atomic E-state index is 3.76. The summed E-state index contributed by atoms with van der Waals surface area (Å²) in [6.07, 6.45) is 1.61. The average molecular weight is 232 g/mol. The van der Waals surface area contributed by atoms with Crippen molar-refractivity contribution in [1.82, 2.24) is 10.2 Å². The summed E-state index contributed by atoms with van der Waals surface area (Å²) in [5, 5.41) is 3.76. The molecule has 1 heterocycles. The van der Waals surface area contributed by atoms with Gasteiger partial charge in [-0.25, -0.2) is 0 Å². The molecule has 2 atom stereocenters. The van der Waals surface area contributed by atoms with Crippen LogP contribution in [0.1, 0.15) is 26.3 Å². The van der Waals surface area contributed by atoms with Crippen LogP contribution in [0.25, 0.3) is 0 Å². The Kier molecular flexibility index (Phi) is 3.55. The van der Waals surface area contributed by atoms with E-state index >= 15 is 0 Å². The van der Waals surface area contributed by atoms with Crippen molar-refractivity contribution in [3.8, 4) is 0 Å². The van der Waals surface area contributed by atoms with E-state index in [1.54, 1.807) is 0 Å². The second-order valence-corrected chi connectivity index (χ2v) is 6.26. The zero-order chi connectivity index (χ0) is 12.5. The third-order valence-corrected chi connectivity index (χ3v) is 3.49. The van der Waals surface area contributed by atoms with Crippen molar-refractivity contribution < 1.29 is 0 Å². The molecule has 1 fully saturated rings. The molecule has 1 aromatic carbocycles. The average Bonchev–Trinajstić information content (AvgIpc) is 2.60. The minimum atomic E-state index is 0.292. The van der Waals surface area contributed by atoms with Gasteiger partial charge < -0.3 is 0 Å². The van der Waals surface area contributed by atoms with E-state index in [9.17, 15) is 0 Å². The molecule has 2 unspecified atom stereocenters. The number of nitrogens with one attached hydrogen (secondary N) is 1. The van der Waals surface area contributed by atoms with Gasteiger partial charge in [-0.3, -0.25) is 10.2 Å². The summed E-state index contributed by atoms with van der Waals surface area (Å²) in [7, 11) is 2.22. The van der Waals surface area contributed by atoms with E-state index in [0.717, 1.165) is 13.0 Å². The Morgan fingerprint density at radius 2 is 1.88 bits per heavy atom. The molecule has 94 valence electrons. The molecule has 1 aromatic rings. The highest BCUT2D eigenvalue weighted by Crippen LogP contribution is 2.26. The minimum Gasteiger partial charge on any atom is -0.297 e. The Morgan fingerprint density at radius 1 is 1.24 bits per heavy atom. The van der Waals surface area contributed by atoms with Crippen LogP contribution >= 0.6 is 0 Å². The Labute approximate surface area is 105 Å². The predicted molar refractivity (Wildman–Crippen MR) is 72.9 cm³/mol. The van der Waals surface area contributed by atoms with Crippen LogP contribution in [0, 0.1) is 5.41 Å². The summed E-state index contributed by atoms with van der Waals surface area (Å²) < 4.78 is 0. The van der Waals surface area contributed by atoms with Crippen molar-refractivity contribution in [3.63, 3.8) is 0 Å². The fourth-order valence-electron chi connectivity index (χ4n) is 2.79. The van der Waals surface area contributed by atoms with Gasteiger partial charge in [-0.1, -0.05) is 51.1 Å². The molecule has 0 aliphatic carbocycles. The summed E-state index contributed by atoms with van der Waals surface area (Å²) in [5.74, 6) is 0.